The van der Waals surface area contributed by atoms with Crippen molar-refractivity contribution in [3.63, 3.8) is 0 Å². The molecule has 0 saturated heterocycles. The second kappa shape index (κ2) is 7.38. The third-order valence-corrected chi connectivity index (χ3v) is 5.08. The number of rotatable bonds is 7. The van der Waals surface area contributed by atoms with Gasteiger partial charge in [0.15, 0.2) is 0 Å². The van der Waals surface area contributed by atoms with Crippen LogP contribution in [0.4, 0.5) is 0 Å². The maximum atomic E-state index is 4.63. The van der Waals surface area contributed by atoms with Gasteiger partial charge in [0, 0.05) is 19.1 Å². The molecule has 0 spiro atoms. The molecule has 0 saturated carbocycles. The molecule has 0 aliphatic heterocycles. The average Bonchev–Trinajstić information content (AvgIpc) is 3.04. The van der Waals surface area contributed by atoms with Crippen molar-refractivity contribution in [2.45, 2.75) is 52.7 Å². The molecule has 1 unspecified atom stereocenters. The van der Waals surface area contributed by atoms with Crippen LogP contribution in [-0.4, -0.2) is 15.8 Å². The van der Waals surface area contributed by atoms with Crippen molar-refractivity contribution in [3.05, 3.63) is 38.3 Å². The van der Waals surface area contributed by atoms with Crippen molar-refractivity contribution in [1.82, 2.24) is 15.1 Å². The molecule has 0 bridgehead atoms. The van der Waals surface area contributed by atoms with E-state index >= 15 is 0 Å². The Kier molecular flexibility index (Phi) is 5.81. The van der Waals surface area contributed by atoms with Gasteiger partial charge in [-0.25, -0.2) is 0 Å². The topological polar surface area (TPSA) is 29.9 Å². The Morgan fingerprint density at radius 3 is 2.85 bits per heavy atom. The molecule has 1 atom stereocenters. The Bertz CT molecular complexity index is 534. The van der Waals surface area contributed by atoms with Gasteiger partial charge in [-0.2, -0.15) is 16.4 Å². The Balaban J connectivity index is 1.97. The molecule has 110 valence electrons. The molecule has 0 aliphatic rings. The molecule has 1 N–H and O–H groups in total. The van der Waals surface area contributed by atoms with E-state index in [1.54, 1.807) is 11.3 Å². The fourth-order valence-electron chi connectivity index (χ4n) is 2.29. The molecule has 0 aromatic carbocycles. The molecular formula is C15H22BrN3S. The summed E-state index contributed by atoms with van der Waals surface area (Å²) in [4.78, 5) is 0. The average molecular weight is 356 g/mol. The number of aromatic nitrogens is 2. The first-order chi connectivity index (χ1) is 9.65. The highest BCUT2D eigenvalue weighted by Gasteiger charge is 2.14. The minimum Gasteiger partial charge on any atom is -0.308 e. The number of aryl methyl sites for hydroxylation is 2. The van der Waals surface area contributed by atoms with Gasteiger partial charge >= 0.3 is 0 Å². The Labute approximate surface area is 133 Å². The Morgan fingerprint density at radius 2 is 2.25 bits per heavy atom. The van der Waals surface area contributed by atoms with Crippen LogP contribution in [0.5, 0.6) is 0 Å². The summed E-state index contributed by atoms with van der Waals surface area (Å²) in [5.41, 5.74) is 3.81. The van der Waals surface area contributed by atoms with Gasteiger partial charge in [-0.1, -0.05) is 6.92 Å². The van der Waals surface area contributed by atoms with E-state index in [9.17, 15) is 0 Å². The summed E-state index contributed by atoms with van der Waals surface area (Å²) >= 11 is 5.45. The van der Waals surface area contributed by atoms with Crippen molar-refractivity contribution in [1.29, 1.82) is 0 Å². The number of hydrogen-bond acceptors (Lipinski definition) is 3. The third kappa shape index (κ3) is 3.71. The van der Waals surface area contributed by atoms with Crippen LogP contribution >= 0.6 is 27.3 Å². The molecule has 3 nitrogen and oxygen atoms in total. The SMILES string of the molecule is CCc1nn(CC)c(CNC(C)Cc2ccsc2)c1Br. The van der Waals surface area contributed by atoms with E-state index in [0.29, 0.717) is 6.04 Å². The van der Waals surface area contributed by atoms with E-state index in [2.05, 4.69) is 68.6 Å². The van der Waals surface area contributed by atoms with Gasteiger partial charge in [0.05, 0.1) is 15.9 Å². The van der Waals surface area contributed by atoms with Crippen molar-refractivity contribution in [2.24, 2.45) is 0 Å². The fourth-order valence-corrected chi connectivity index (χ4v) is 3.68. The van der Waals surface area contributed by atoms with Crippen LogP contribution in [0.15, 0.2) is 21.3 Å². The molecule has 0 aliphatic carbocycles. The van der Waals surface area contributed by atoms with Crippen molar-refractivity contribution >= 4 is 27.3 Å². The van der Waals surface area contributed by atoms with Crippen molar-refractivity contribution < 1.29 is 0 Å². The summed E-state index contributed by atoms with van der Waals surface area (Å²) in [5.74, 6) is 0. The van der Waals surface area contributed by atoms with Gasteiger partial charge in [-0.15, -0.1) is 0 Å². The van der Waals surface area contributed by atoms with E-state index in [-0.39, 0.29) is 0 Å². The predicted octanol–water partition coefficient (Wildman–Crippen LogP) is 4.01. The van der Waals surface area contributed by atoms with Crippen LogP contribution in [0, 0.1) is 0 Å². The summed E-state index contributed by atoms with van der Waals surface area (Å²) in [6.07, 6.45) is 2.03. The monoisotopic (exact) mass is 355 g/mol. The summed E-state index contributed by atoms with van der Waals surface area (Å²) < 4.78 is 3.25. The second-order valence-electron chi connectivity index (χ2n) is 4.99. The van der Waals surface area contributed by atoms with Crippen LogP contribution in [0.25, 0.3) is 0 Å². The summed E-state index contributed by atoms with van der Waals surface area (Å²) in [5, 5.41) is 12.6. The van der Waals surface area contributed by atoms with E-state index in [4.69, 9.17) is 0 Å². The summed E-state index contributed by atoms with van der Waals surface area (Å²) in [6.45, 7) is 8.28. The van der Waals surface area contributed by atoms with E-state index in [0.717, 1.165) is 36.1 Å². The first-order valence-corrected chi connectivity index (χ1v) is 8.87. The molecule has 2 rings (SSSR count). The van der Waals surface area contributed by atoms with E-state index in [1.165, 1.54) is 11.3 Å². The normalized spacial score (nSPS) is 12.8. The van der Waals surface area contributed by atoms with Gasteiger partial charge < -0.3 is 5.32 Å². The molecule has 5 heteroatoms. The highest BCUT2D eigenvalue weighted by atomic mass is 79.9. The minimum atomic E-state index is 0.460. The van der Waals surface area contributed by atoms with Gasteiger partial charge in [0.25, 0.3) is 0 Å². The largest absolute Gasteiger partial charge is 0.308 e. The number of halogens is 1. The van der Waals surface area contributed by atoms with Gasteiger partial charge in [0.1, 0.15) is 0 Å². The predicted molar refractivity (Wildman–Crippen MR) is 89.3 cm³/mol. The molecular weight excluding hydrogens is 334 g/mol. The van der Waals surface area contributed by atoms with Crippen molar-refractivity contribution in [3.8, 4) is 0 Å². The Morgan fingerprint density at radius 1 is 1.45 bits per heavy atom. The first kappa shape index (κ1) is 15.7. The maximum Gasteiger partial charge on any atom is 0.0767 e. The standard InChI is InChI=1S/C15H22BrN3S/c1-4-13-15(16)14(19(5-2)18-13)9-17-11(3)8-12-6-7-20-10-12/h6-7,10-11,17H,4-5,8-9H2,1-3H3. The lowest BCUT2D eigenvalue weighted by atomic mass is 10.1. The smallest absolute Gasteiger partial charge is 0.0767 e. The molecule has 0 radical (unpaired) electrons. The molecule has 2 aromatic rings. The first-order valence-electron chi connectivity index (χ1n) is 7.14. The highest BCUT2D eigenvalue weighted by molar-refractivity contribution is 9.10. The lowest BCUT2D eigenvalue weighted by Gasteiger charge is -2.14. The number of thiophene rings is 1. The number of nitrogens with one attached hydrogen (secondary N) is 1. The minimum absolute atomic E-state index is 0.460. The molecule has 2 heterocycles. The highest BCUT2D eigenvalue weighted by Crippen LogP contribution is 2.22. The lowest BCUT2D eigenvalue weighted by molar-refractivity contribution is 0.513. The van der Waals surface area contributed by atoms with Gasteiger partial charge in [-0.3, -0.25) is 4.68 Å². The van der Waals surface area contributed by atoms with Crippen LogP contribution < -0.4 is 5.32 Å². The second-order valence-corrected chi connectivity index (χ2v) is 6.57. The molecule has 2 aromatic heterocycles. The van der Waals surface area contributed by atoms with Crippen LogP contribution in [0.1, 0.15) is 37.7 Å². The zero-order valence-corrected chi connectivity index (χ0v) is 14.7. The number of hydrogen-bond donors (Lipinski definition) is 1. The summed E-state index contributed by atoms with van der Waals surface area (Å²) in [7, 11) is 0. The number of nitrogens with zero attached hydrogens (tertiary/aromatic N) is 2. The van der Waals surface area contributed by atoms with Crippen LogP contribution in [0.2, 0.25) is 0 Å². The summed E-state index contributed by atoms with van der Waals surface area (Å²) in [6, 6.07) is 2.66. The molecule has 20 heavy (non-hydrogen) atoms. The van der Waals surface area contributed by atoms with Gasteiger partial charge in [0.2, 0.25) is 0 Å². The van der Waals surface area contributed by atoms with Crippen LogP contribution in [-0.2, 0) is 25.9 Å². The quantitative estimate of drug-likeness (QED) is 0.812. The molecule has 0 fully saturated rings. The lowest BCUT2D eigenvalue weighted by Crippen LogP contribution is -2.28. The van der Waals surface area contributed by atoms with E-state index < -0.39 is 0 Å². The van der Waals surface area contributed by atoms with Gasteiger partial charge in [-0.05, 0) is 65.0 Å². The maximum absolute atomic E-state index is 4.63. The van der Waals surface area contributed by atoms with Crippen molar-refractivity contribution in [2.75, 3.05) is 0 Å². The fraction of sp³-hybridized carbons (Fsp3) is 0.533. The zero-order valence-electron chi connectivity index (χ0n) is 12.3. The Hall–Kier alpha value is -0.650. The van der Waals surface area contributed by atoms with Crippen LogP contribution in [0.3, 0.4) is 0 Å². The third-order valence-electron chi connectivity index (χ3n) is 3.43. The van der Waals surface area contributed by atoms with E-state index in [1.807, 2.05) is 0 Å². The zero-order chi connectivity index (χ0) is 14.5. The molecule has 0 amide bonds.